The highest BCUT2D eigenvalue weighted by Gasteiger charge is 2.26. The van der Waals surface area contributed by atoms with Gasteiger partial charge in [0.05, 0.1) is 5.75 Å². The molecule has 2 aliphatic rings. The molecule has 0 spiro atoms. The fourth-order valence-electron chi connectivity index (χ4n) is 3.82. The average Bonchev–Trinajstić information content (AvgIpc) is 3.07. The third-order valence-corrected chi connectivity index (χ3v) is 6.19. The van der Waals surface area contributed by atoms with Crippen molar-refractivity contribution in [2.24, 2.45) is 17.0 Å². The summed E-state index contributed by atoms with van der Waals surface area (Å²) in [5.41, 5.74) is 1.98. The Hall–Kier alpha value is -1.15. The molecular weight excluding hydrogens is 374 g/mol. The third-order valence-electron chi connectivity index (χ3n) is 5.26. The summed E-state index contributed by atoms with van der Waals surface area (Å²) in [6.45, 7) is 3.36. The lowest BCUT2D eigenvalue weighted by atomic mass is 9.96. The zero-order chi connectivity index (χ0) is 17.9. The first-order valence-electron chi connectivity index (χ1n) is 9.00. The van der Waals surface area contributed by atoms with E-state index in [0.717, 1.165) is 19.5 Å². The molecule has 2 heterocycles. The van der Waals surface area contributed by atoms with Gasteiger partial charge >= 0.3 is 0 Å². The minimum Gasteiger partial charge on any atom is -0.339 e. The molecule has 2 fully saturated rings. The maximum Gasteiger partial charge on any atom is 0.253 e. The molecule has 1 amide bonds. The summed E-state index contributed by atoms with van der Waals surface area (Å²) in [6, 6.07) is 7.94. The Balaban J connectivity index is 0.00000243. The summed E-state index contributed by atoms with van der Waals surface area (Å²) in [5.74, 6) is 0.795. The van der Waals surface area contributed by atoms with Crippen LogP contribution in [0.4, 0.5) is 0 Å². The number of carbonyl (C=O) groups is 1. The van der Waals surface area contributed by atoms with Gasteiger partial charge in [-0.2, -0.15) is 0 Å². The highest BCUT2D eigenvalue weighted by atomic mass is 35.5. The maximum absolute atomic E-state index is 12.6. The topological polar surface area (TPSA) is 92.5 Å². The quantitative estimate of drug-likeness (QED) is 0.779. The highest BCUT2D eigenvalue weighted by Crippen LogP contribution is 2.21. The standard InChI is InChI=1S/C18H27N3O3S.ClH/c19-25(23,24)13-15-6-9-21(10-7-15)18(22)17-3-1-14(2-4-17)11-16-5-8-20-12-16;/h1-4,15-16,20H,5-13H2,(H2,19,23,24);1H. The van der Waals surface area contributed by atoms with E-state index in [9.17, 15) is 13.2 Å². The number of sulfonamides is 1. The monoisotopic (exact) mass is 401 g/mol. The van der Waals surface area contributed by atoms with Gasteiger partial charge < -0.3 is 10.2 Å². The van der Waals surface area contributed by atoms with Gasteiger partial charge in [0.15, 0.2) is 0 Å². The zero-order valence-corrected chi connectivity index (χ0v) is 16.5. The van der Waals surface area contributed by atoms with Gasteiger partial charge in [0.25, 0.3) is 5.91 Å². The number of rotatable bonds is 5. The van der Waals surface area contributed by atoms with E-state index < -0.39 is 10.0 Å². The molecule has 0 saturated carbocycles. The molecule has 2 saturated heterocycles. The van der Waals surface area contributed by atoms with Crippen molar-refractivity contribution in [2.75, 3.05) is 31.9 Å². The van der Waals surface area contributed by atoms with Crippen LogP contribution in [0.1, 0.15) is 35.2 Å². The van der Waals surface area contributed by atoms with E-state index in [1.807, 2.05) is 17.0 Å². The van der Waals surface area contributed by atoms with Gasteiger partial charge in [0, 0.05) is 18.7 Å². The maximum atomic E-state index is 12.6. The average molecular weight is 402 g/mol. The van der Waals surface area contributed by atoms with Crippen molar-refractivity contribution in [3.63, 3.8) is 0 Å². The van der Waals surface area contributed by atoms with Crippen molar-refractivity contribution in [1.29, 1.82) is 0 Å². The third kappa shape index (κ3) is 5.94. The second-order valence-electron chi connectivity index (χ2n) is 7.32. The molecule has 1 atom stereocenters. The van der Waals surface area contributed by atoms with E-state index in [0.29, 0.717) is 37.4 Å². The fraction of sp³-hybridized carbons (Fsp3) is 0.611. The van der Waals surface area contributed by atoms with Crippen LogP contribution in [0.5, 0.6) is 0 Å². The number of benzene rings is 1. The smallest absolute Gasteiger partial charge is 0.253 e. The van der Waals surface area contributed by atoms with E-state index >= 15 is 0 Å². The first kappa shape index (κ1) is 21.2. The van der Waals surface area contributed by atoms with E-state index in [-0.39, 0.29) is 30.0 Å². The van der Waals surface area contributed by atoms with Gasteiger partial charge in [-0.3, -0.25) is 4.79 Å². The van der Waals surface area contributed by atoms with Crippen LogP contribution in [0.2, 0.25) is 0 Å². The number of carbonyl (C=O) groups excluding carboxylic acids is 1. The van der Waals surface area contributed by atoms with Crippen molar-refractivity contribution in [3.8, 4) is 0 Å². The predicted molar refractivity (Wildman–Crippen MR) is 105 cm³/mol. The van der Waals surface area contributed by atoms with Gasteiger partial charge in [-0.15, -0.1) is 12.4 Å². The number of nitrogens with one attached hydrogen (secondary N) is 1. The molecule has 1 aromatic rings. The molecule has 0 radical (unpaired) electrons. The molecule has 3 rings (SSSR count). The van der Waals surface area contributed by atoms with Crippen molar-refractivity contribution in [1.82, 2.24) is 10.2 Å². The van der Waals surface area contributed by atoms with Crippen molar-refractivity contribution in [2.45, 2.75) is 25.7 Å². The number of piperidine rings is 1. The number of amides is 1. The van der Waals surface area contributed by atoms with Crippen LogP contribution in [-0.2, 0) is 16.4 Å². The Bertz CT molecular complexity index is 695. The van der Waals surface area contributed by atoms with Crippen LogP contribution in [0.3, 0.4) is 0 Å². The second-order valence-corrected chi connectivity index (χ2v) is 8.98. The van der Waals surface area contributed by atoms with Gasteiger partial charge in [-0.1, -0.05) is 12.1 Å². The number of nitrogens with zero attached hydrogens (tertiary/aromatic N) is 1. The van der Waals surface area contributed by atoms with Crippen molar-refractivity contribution >= 4 is 28.3 Å². The lowest BCUT2D eigenvalue weighted by Crippen LogP contribution is -2.40. The lowest BCUT2D eigenvalue weighted by Gasteiger charge is -2.31. The Morgan fingerprint density at radius 3 is 2.31 bits per heavy atom. The van der Waals surface area contributed by atoms with Crippen LogP contribution in [-0.4, -0.2) is 51.2 Å². The number of halogens is 1. The first-order chi connectivity index (χ1) is 11.9. The predicted octanol–water partition coefficient (Wildman–Crippen LogP) is 1.40. The molecule has 2 aliphatic heterocycles. The molecule has 3 N–H and O–H groups in total. The fourth-order valence-corrected chi connectivity index (χ4v) is 4.81. The Kier molecular flexibility index (Phi) is 7.46. The summed E-state index contributed by atoms with van der Waals surface area (Å²) < 4.78 is 22.4. The number of nitrogens with two attached hydrogens (primary N) is 1. The van der Waals surface area contributed by atoms with E-state index in [4.69, 9.17) is 5.14 Å². The molecule has 6 nitrogen and oxygen atoms in total. The van der Waals surface area contributed by atoms with Crippen LogP contribution in [0.15, 0.2) is 24.3 Å². The van der Waals surface area contributed by atoms with Gasteiger partial charge in [-0.05, 0) is 68.3 Å². The van der Waals surface area contributed by atoms with Crippen LogP contribution >= 0.6 is 12.4 Å². The van der Waals surface area contributed by atoms with Gasteiger partial charge in [0.2, 0.25) is 10.0 Å². The summed E-state index contributed by atoms with van der Waals surface area (Å²) in [6.07, 6.45) is 3.65. The molecule has 146 valence electrons. The molecule has 0 bridgehead atoms. The van der Waals surface area contributed by atoms with E-state index in [1.54, 1.807) is 0 Å². The molecule has 8 heteroatoms. The zero-order valence-electron chi connectivity index (χ0n) is 14.9. The highest BCUT2D eigenvalue weighted by molar-refractivity contribution is 7.89. The number of primary sulfonamides is 1. The van der Waals surface area contributed by atoms with Crippen LogP contribution in [0.25, 0.3) is 0 Å². The minimum atomic E-state index is -3.44. The van der Waals surface area contributed by atoms with Crippen molar-refractivity contribution < 1.29 is 13.2 Å². The molecule has 1 unspecified atom stereocenters. The van der Waals surface area contributed by atoms with E-state index in [1.165, 1.54) is 12.0 Å². The summed E-state index contributed by atoms with van der Waals surface area (Å²) >= 11 is 0. The second kappa shape index (κ2) is 9.17. The lowest BCUT2D eigenvalue weighted by molar-refractivity contribution is 0.0698. The van der Waals surface area contributed by atoms with Crippen LogP contribution < -0.4 is 10.5 Å². The van der Waals surface area contributed by atoms with Gasteiger partial charge in [0.1, 0.15) is 0 Å². The molecule has 0 aromatic heterocycles. The molecule has 0 aliphatic carbocycles. The molecule has 1 aromatic carbocycles. The Morgan fingerprint density at radius 1 is 1.12 bits per heavy atom. The minimum absolute atomic E-state index is 0. The normalized spacial score (nSPS) is 21.4. The SMILES string of the molecule is Cl.NS(=O)(=O)CC1CCN(C(=O)c2ccc(CC3CCNC3)cc2)CC1. The molecular formula is C18H28ClN3O3S. The van der Waals surface area contributed by atoms with Crippen molar-refractivity contribution in [3.05, 3.63) is 35.4 Å². The number of hydrogen-bond acceptors (Lipinski definition) is 4. The first-order valence-corrected chi connectivity index (χ1v) is 10.7. The summed E-state index contributed by atoms with van der Waals surface area (Å²) in [5, 5.41) is 8.49. The number of hydrogen-bond donors (Lipinski definition) is 2. The Labute approximate surface area is 162 Å². The van der Waals surface area contributed by atoms with E-state index in [2.05, 4.69) is 17.4 Å². The molecule has 26 heavy (non-hydrogen) atoms. The Morgan fingerprint density at radius 2 is 1.77 bits per heavy atom. The number of likely N-dealkylation sites (tertiary alicyclic amines) is 1. The largest absolute Gasteiger partial charge is 0.339 e. The summed E-state index contributed by atoms with van der Waals surface area (Å²) in [4.78, 5) is 14.4. The van der Waals surface area contributed by atoms with Gasteiger partial charge in [-0.25, -0.2) is 13.6 Å². The van der Waals surface area contributed by atoms with Crippen LogP contribution in [0, 0.1) is 11.8 Å². The summed E-state index contributed by atoms with van der Waals surface area (Å²) in [7, 11) is -3.44.